The van der Waals surface area contributed by atoms with Crippen LogP contribution in [0.3, 0.4) is 0 Å². The van der Waals surface area contributed by atoms with Crippen LogP contribution in [0, 0.1) is 22.7 Å². The molecule has 0 amide bonds. The second-order valence-corrected chi connectivity index (χ2v) is 3.56. The van der Waals surface area contributed by atoms with Crippen molar-refractivity contribution in [2.45, 2.75) is 0 Å². The average Bonchev–Trinajstić information content (AvgIpc) is 2.42. The Morgan fingerprint density at radius 3 is 1.61 bits per heavy atom. The molecule has 0 aliphatic carbocycles. The summed E-state index contributed by atoms with van der Waals surface area (Å²) in [4.78, 5) is 0. The van der Waals surface area contributed by atoms with E-state index in [0.29, 0.717) is 11.5 Å². The van der Waals surface area contributed by atoms with Crippen LogP contribution in [0.1, 0.15) is 0 Å². The lowest BCUT2D eigenvalue weighted by molar-refractivity contribution is 0.367. The minimum Gasteiger partial charge on any atom is -0.479 e. The molecule has 18 heavy (non-hydrogen) atoms. The molecule has 0 unspecified atom stereocenters. The zero-order valence-corrected chi connectivity index (χ0v) is 9.59. The molecule has 0 radical (unpaired) electrons. The van der Waals surface area contributed by atoms with E-state index in [1.54, 1.807) is 12.1 Å². The summed E-state index contributed by atoms with van der Waals surface area (Å²) in [5.41, 5.74) is 0. The largest absolute Gasteiger partial charge is 0.479 e. The van der Waals surface area contributed by atoms with Gasteiger partial charge < -0.3 is 9.47 Å². The third-order valence-corrected chi connectivity index (χ3v) is 2.39. The van der Waals surface area contributed by atoms with E-state index in [2.05, 4.69) is 0 Å². The van der Waals surface area contributed by atoms with Crippen LogP contribution in [-0.4, -0.2) is 13.2 Å². The van der Waals surface area contributed by atoms with Crippen LogP contribution >= 0.6 is 0 Å². The fourth-order valence-electron chi connectivity index (χ4n) is 1.61. The summed E-state index contributed by atoms with van der Waals surface area (Å²) < 4.78 is 10.4. The summed E-state index contributed by atoms with van der Waals surface area (Å²) in [5.74, 6) is 1.32. The van der Waals surface area contributed by atoms with E-state index in [1.807, 2.05) is 36.4 Å². The van der Waals surface area contributed by atoms with E-state index in [0.717, 1.165) is 10.8 Å². The molecule has 2 rings (SSSR count). The summed E-state index contributed by atoms with van der Waals surface area (Å²) in [6.45, 7) is 0.0732. The van der Waals surface area contributed by atoms with Gasteiger partial charge in [-0.3, -0.25) is 0 Å². The summed E-state index contributed by atoms with van der Waals surface area (Å²) in [6.07, 6.45) is 0. The maximum atomic E-state index is 8.44. The molecule has 4 nitrogen and oxygen atoms in total. The van der Waals surface area contributed by atoms with Gasteiger partial charge in [-0.2, -0.15) is 10.5 Å². The highest BCUT2D eigenvalue weighted by molar-refractivity contribution is 5.85. The van der Waals surface area contributed by atoms with Crippen LogP contribution in [0.4, 0.5) is 0 Å². The molecule has 88 valence electrons. The van der Waals surface area contributed by atoms with Gasteiger partial charge in [0.2, 0.25) is 0 Å². The van der Waals surface area contributed by atoms with Crippen molar-refractivity contribution in [3.05, 3.63) is 36.4 Å². The fourth-order valence-corrected chi connectivity index (χ4v) is 1.61. The molecule has 2 aromatic rings. The third kappa shape index (κ3) is 2.69. The molecule has 0 fully saturated rings. The molecule has 0 atom stereocenters. The molecule has 0 spiro atoms. The van der Waals surface area contributed by atoms with Crippen molar-refractivity contribution >= 4 is 10.8 Å². The third-order valence-electron chi connectivity index (χ3n) is 2.39. The Morgan fingerprint density at radius 1 is 0.778 bits per heavy atom. The monoisotopic (exact) mass is 238 g/mol. The van der Waals surface area contributed by atoms with Gasteiger partial charge in [0.15, 0.2) is 13.2 Å². The van der Waals surface area contributed by atoms with E-state index in [1.165, 1.54) is 0 Å². The van der Waals surface area contributed by atoms with E-state index >= 15 is 0 Å². The highest BCUT2D eigenvalue weighted by Crippen LogP contribution is 2.24. The van der Waals surface area contributed by atoms with E-state index < -0.39 is 0 Å². The summed E-state index contributed by atoms with van der Waals surface area (Å²) in [6, 6.07) is 15.0. The first-order chi connectivity index (χ1) is 8.83. The average molecular weight is 238 g/mol. The minimum absolute atomic E-state index is 0.0366. The van der Waals surface area contributed by atoms with Crippen molar-refractivity contribution in [2.75, 3.05) is 13.2 Å². The van der Waals surface area contributed by atoms with Crippen LogP contribution < -0.4 is 9.47 Å². The molecule has 0 aromatic heterocycles. The molecular formula is C14H10N2O2. The molecule has 0 aliphatic heterocycles. The maximum Gasteiger partial charge on any atom is 0.174 e. The Morgan fingerprint density at radius 2 is 1.22 bits per heavy atom. The smallest absolute Gasteiger partial charge is 0.174 e. The Kier molecular flexibility index (Phi) is 3.63. The number of benzene rings is 2. The Balaban J connectivity index is 2.25. The Labute approximate surface area is 105 Å². The SMILES string of the molecule is N#CCOc1ccc2cc(OCC#N)ccc2c1. The van der Waals surface area contributed by atoms with E-state index in [-0.39, 0.29) is 13.2 Å². The fraction of sp³-hybridized carbons (Fsp3) is 0.143. The molecule has 0 heterocycles. The molecular weight excluding hydrogens is 228 g/mol. The van der Waals surface area contributed by atoms with Crippen LogP contribution in [0.25, 0.3) is 10.8 Å². The normalized spacial score (nSPS) is 9.44. The first kappa shape index (κ1) is 11.8. The zero-order valence-electron chi connectivity index (χ0n) is 9.59. The van der Waals surface area contributed by atoms with Crippen molar-refractivity contribution < 1.29 is 9.47 Å². The Hall–Kier alpha value is -2.72. The predicted molar refractivity (Wildman–Crippen MR) is 66.2 cm³/mol. The second-order valence-electron chi connectivity index (χ2n) is 3.56. The molecule has 0 saturated carbocycles. The van der Waals surface area contributed by atoms with Crippen LogP contribution in [0.2, 0.25) is 0 Å². The summed E-state index contributed by atoms with van der Waals surface area (Å²) >= 11 is 0. The lowest BCUT2D eigenvalue weighted by Crippen LogP contribution is -1.94. The van der Waals surface area contributed by atoms with Gasteiger partial charge in [0.25, 0.3) is 0 Å². The van der Waals surface area contributed by atoms with Crippen LogP contribution in [-0.2, 0) is 0 Å². The molecule has 0 saturated heterocycles. The molecule has 0 N–H and O–H groups in total. The standard InChI is InChI=1S/C14H10N2O2/c15-5-7-17-13-3-1-11-9-14(18-8-6-16)4-2-12(11)10-13/h1-4,9-10H,7-8H2. The quantitative estimate of drug-likeness (QED) is 0.821. The second kappa shape index (κ2) is 5.56. The topological polar surface area (TPSA) is 66.0 Å². The van der Waals surface area contributed by atoms with Crippen molar-refractivity contribution in [3.63, 3.8) is 0 Å². The van der Waals surface area contributed by atoms with Gasteiger partial charge in [0.1, 0.15) is 23.6 Å². The van der Waals surface area contributed by atoms with Gasteiger partial charge in [-0.25, -0.2) is 0 Å². The number of nitrogens with zero attached hydrogens (tertiary/aromatic N) is 2. The number of rotatable bonds is 4. The molecule has 0 bridgehead atoms. The highest BCUT2D eigenvalue weighted by Gasteiger charge is 2.00. The predicted octanol–water partition coefficient (Wildman–Crippen LogP) is 2.64. The summed E-state index contributed by atoms with van der Waals surface area (Å²) in [7, 11) is 0. The lowest BCUT2D eigenvalue weighted by atomic mass is 10.1. The van der Waals surface area contributed by atoms with Gasteiger partial charge in [-0.05, 0) is 35.0 Å². The number of hydrogen-bond donors (Lipinski definition) is 0. The zero-order chi connectivity index (χ0) is 12.8. The minimum atomic E-state index is 0.0366. The first-order valence-electron chi connectivity index (χ1n) is 5.37. The van der Waals surface area contributed by atoms with E-state index in [9.17, 15) is 0 Å². The first-order valence-corrected chi connectivity index (χ1v) is 5.37. The molecule has 2 aromatic carbocycles. The number of nitriles is 2. The number of ether oxygens (including phenoxy) is 2. The summed E-state index contributed by atoms with van der Waals surface area (Å²) in [5, 5.41) is 18.9. The van der Waals surface area contributed by atoms with E-state index in [4.69, 9.17) is 20.0 Å². The van der Waals surface area contributed by atoms with Crippen LogP contribution in [0.5, 0.6) is 11.5 Å². The van der Waals surface area contributed by atoms with Crippen molar-refractivity contribution in [3.8, 4) is 23.6 Å². The Bertz CT molecular complexity index is 581. The number of hydrogen-bond acceptors (Lipinski definition) is 4. The molecule has 4 heteroatoms. The van der Waals surface area contributed by atoms with Gasteiger partial charge >= 0.3 is 0 Å². The van der Waals surface area contributed by atoms with Crippen LogP contribution in [0.15, 0.2) is 36.4 Å². The maximum absolute atomic E-state index is 8.44. The highest BCUT2D eigenvalue weighted by atomic mass is 16.5. The molecule has 0 aliphatic rings. The van der Waals surface area contributed by atoms with Gasteiger partial charge in [0.05, 0.1) is 0 Å². The van der Waals surface area contributed by atoms with Crippen molar-refractivity contribution in [1.82, 2.24) is 0 Å². The number of fused-ring (bicyclic) bond motifs is 1. The lowest BCUT2D eigenvalue weighted by Gasteiger charge is -2.06. The van der Waals surface area contributed by atoms with Gasteiger partial charge in [-0.15, -0.1) is 0 Å². The van der Waals surface area contributed by atoms with Gasteiger partial charge in [0, 0.05) is 0 Å². The van der Waals surface area contributed by atoms with Gasteiger partial charge in [-0.1, -0.05) is 12.1 Å². The van der Waals surface area contributed by atoms with Crippen molar-refractivity contribution in [1.29, 1.82) is 10.5 Å². The van der Waals surface area contributed by atoms with Crippen molar-refractivity contribution in [2.24, 2.45) is 0 Å².